The molecule has 4 heteroatoms. The molecule has 3 nitrogen and oxygen atoms in total. The smallest absolute Gasteiger partial charge is 0.299 e. The minimum Gasteiger partial charge on any atom is -0.299 e. The van der Waals surface area contributed by atoms with Gasteiger partial charge in [0.05, 0.1) is 0 Å². The van der Waals surface area contributed by atoms with Gasteiger partial charge in [-0.25, -0.2) is 4.79 Å². The van der Waals surface area contributed by atoms with Gasteiger partial charge in [0.1, 0.15) is 0 Å². The van der Waals surface area contributed by atoms with Crippen LogP contribution in [0.3, 0.4) is 0 Å². The summed E-state index contributed by atoms with van der Waals surface area (Å²) in [7, 11) is 0. The maximum Gasteiger partial charge on any atom is 0.328 e. The maximum absolute atomic E-state index is 12.1. The van der Waals surface area contributed by atoms with Gasteiger partial charge in [0.25, 0.3) is 0 Å². The van der Waals surface area contributed by atoms with Crippen molar-refractivity contribution in [3.63, 3.8) is 0 Å². The molecule has 0 atom stereocenters. The van der Waals surface area contributed by atoms with Gasteiger partial charge in [0, 0.05) is 30.8 Å². The third kappa shape index (κ3) is 3.24. The number of alkyl halides is 1. The predicted molar refractivity (Wildman–Crippen MR) is 75.8 cm³/mol. The van der Waals surface area contributed by atoms with Crippen LogP contribution in [0.2, 0.25) is 0 Å². The Hall–Kier alpha value is -0.510. The summed E-state index contributed by atoms with van der Waals surface area (Å²) in [6, 6.07) is 0. The van der Waals surface area contributed by atoms with Crippen molar-refractivity contribution < 1.29 is 0 Å². The molecule has 0 amide bonds. The average molecular weight is 303 g/mol. The van der Waals surface area contributed by atoms with Crippen LogP contribution in [0, 0.1) is 5.41 Å². The second-order valence-electron chi connectivity index (χ2n) is 4.74. The molecule has 1 aromatic heterocycles. The highest BCUT2D eigenvalue weighted by atomic mass is 79.9. The van der Waals surface area contributed by atoms with E-state index in [1.807, 2.05) is 17.0 Å². The quantitative estimate of drug-likeness (QED) is 0.710. The van der Waals surface area contributed by atoms with Crippen LogP contribution in [0.4, 0.5) is 0 Å². The molecule has 0 aliphatic heterocycles. The van der Waals surface area contributed by atoms with Crippen molar-refractivity contribution in [3.8, 4) is 0 Å². The molecule has 0 radical (unpaired) electrons. The average Bonchev–Trinajstić information content (AvgIpc) is 2.69. The first-order valence-electron chi connectivity index (χ1n) is 6.44. The molecular weight excluding hydrogens is 280 g/mol. The second-order valence-corrected chi connectivity index (χ2v) is 5.30. The van der Waals surface area contributed by atoms with Gasteiger partial charge in [0.15, 0.2) is 0 Å². The summed E-state index contributed by atoms with van der Waals surface area (Å²) in [6.45, 7) is 8.09. The Morgan fingerprint density at radius 1 is 1.18 bits per heavy atom. The standard InChI is InChI=1S/C13H23BrN2O/c1-4-7-15-8-9-16(12(15)17)11-13(5-2,6-3)10-14/h8-9H,4-7,10-11H2,1-3H3. The first-order chi connectivity index (χ1) is 8.12. The molecule has 1 rings (SSSR count). The number of nitrogens with zero attached hydrogens (tertiary/aromatic N) is 2. The van der Waals surface area contributed by atoms with Crippen LogP contribution in [-0.2, 0) is 13.1 Å². The van der Waals surface area contributed by atoms with Crippen LogP contribution in [0.15, 0.2) is 17.2 Å². The number of rotatable bonds is 7. The number of aryl methyl sites for hydroxylation is 1. The zero-order chi connectivity index (χ0) is 12.9. The van der Waals surface area contributed by atoms with Gasteiger partial charge in [0.2, 0.25) is 0 Å². The highest BCUT2D eigenvalue weighted by Crippen LogP contribution is 2.30. The Morgan fingerprint density at radius 3 is 2.24 bits per heavy atom. The van der Waals surface area contributed by atoms with Gasteiger partial charge in [-0.2, -0.15) is 0 Å². The van der Waals surface area contributed by atoms with Crippen molar-refractivity contribution in [2.24, 2.45) is 5.41 Å². The van der Waals surface area contributed by atoms with Crippen molar-refractivity contribution in [1.82, 2.24) is 9.13 Å². The lowest BCUT2D eigenvalue weighted by molar-refractivity contribution is 0.255. The van der Waals surface area contributed by atoms with Crippen LogP contribution in [-0.4, -0.2) is 14.5 Å². The van der Waals surface area contributed by atoms with E-state index in [0.29, 0.717) is 0 Å². The first kappa shape index (κ1) is 14.6. The monoisotopic (exact) mass is 302 g/mol. The highest BCUT2D eigenvalue weighted by molar-refractivity contribution is 9.09. The molecule has 17 heavy (non-hydrogen) atoms. The van der Waals surface area contributed by atoms with Gasteiger partial charge >= 0.3 is 5.69 Å². The highest BCUT2D eigenvalue weighted by Gasteiger charge is 2.26. The number of hydrogen-bond donors (Lipinski definition) is 0. The van der Waals surface area contributed by atoms with Crippen molar-refractivity contribution >= 4 is 15.9 Å². The zero-order valence-corrected chi connectivity index (χ0v) is 12.7. The Bertz CT molecular complexity index is 382. The van der Waals surface area contributed by atoms with Crippen molar-refractivity contribution in [1.29, 1.82) is 0 Å². The molecule has 1 aromatic rings. The fourth-order valence-corrected chi connectivity index (χ4v) is 3.02. The summed E-state index contributed by atoms with van der Waals surface area (Å²) in [5.41, 5.74) is 0.321. The molecule has 0 N–H and O–H groups in total. The Labute approximate surface area is 112 Å². The van der Waals surface area contributed by atoms with Crippen LogP contribution < -0.4 is 5.69 Å². The van der Waals surface area contributed by atoms with Crippen molar-refractivity contribution in [3.05, 3.63) is 22.9 Å². The summed E-state index contributed by atoms with van der Waals surface area (Å²) in [6.07, 6.45) is 6.98. The van der Waals surface area contributed by atoms with E-state index < -0.39 is 0 Å². The molecule has 0 bridgehead atoms. The topological polar surface area (TPSA) is 26.9 Å². The third-order valence-corrected chi connectivity index (χ3v) is 4.86. The lowest BCUT2D eigenvalue weighted by Crippen LogP contribution is -2.33. The first-order valence-corrected chi connectivity index (χ1v) is 7.56. The largest absolute Gasteiger partial charge is 0.328 e. The molecule has 0 aromatic carbocycles. The third-order valence-electron chi connectivity index (χ3n) is 3.67. The molecule has 0 saturated heterocycles. The van der Waals surface area contributed by atoms with E-state index in [2.05, 4.69) is 36.7 Å². The minimum atomic E-state index is 0.124. The van der Waals surface area contributed by atoms with Gasteiger partial charge in [-0.05, 0) is 24.7 Å². The molecule has 1 heterocycles. The van der Waals surface area contributed by atoms with Crippen LogP contribution in [0.25, 0.3) is 0 Å². The van der Waals surface area contributed by atoms with Crippen LogP contribution in [0.5, 0.6) is 0 Å². The van der Waals surface area contributed by atoms with E-state index in [1.165, 1.54) is 0 Å². The summed E-state index contributed by atoms with van der Waals surface area (Å²) >= 11 is 3.59. The SMILES string of the molecule is CCCn1ccn(CC(CC)(CC)CBr)c1=O. The molecule has 98 valence electrons. The van der Waals surface area contributed by atoms with E-state index in [1.54, 1.807) is 4.57 Å². The van der Waals surface area contributed by atoms with Gasteiger partial charge in [-0.1, -0.05) is 36.7 Å². The van der Waals surface area contributed by atoms with E-state index in [-0.39, 0.29) is 11.1 Å². The number of imidazole rings is 1. The van der Waals surface area contributed by atoms with Gasteiger partial charge < -0.3 is 0 Å². The number of aromatic nitrogens is 2. The van der Waals surface area contributed by atoms with Crippen molar-refractivity contribution in [2.75, 3.05) is 5.33 Å². The number of hydrogen-bond acceptors (Lipinski definition) is 1. The second kappa shape index (κ2) is 6.43. The van der Waals surface area contributed by atoms with E-state index >= 15 is 0 Å². The van der Waals surface area contributed by atoms with E-state index in [0.717, 1.165) is 37.7 Å². The fourth-order valence-electron chi connectivity index (χ4n) is 2.05. The Kier molecular flexibility index (Phi) is 5.50. The normalized spacial score (nSPS) is 12.0. The van der Waals surface area contributed by atoms with Gasteiger partial charge in [-0.15, -0.1) is 0 Å². The summed E-state index contributed by atoms with van der Waals surface area (Å²) in [5, 5.41) is 0.943. The lowest BCUT2D eigenvalue weighted by atomic mass is 9.84. The Balaban J connectivity index is 2.91. The predicted octanol–water partition coefficient (Wildman–Crippen LogP) is 3.26. The maximum atomic E-state index is 12.1. The molecule has 0 saturated carbocycles. The molecule has 0 aliphatic carbocycles. The zero-order valence-electron chi connectivity index (χ0n) is 11.1. The minimum absolute atomic E-state index is 0.124. The Morgan fingerprint density at radius 2 is 1.76 bits per heavy atom. The van der Waals surface area contributed by atoms with E-state index in [4.69, 9.17) is 0 Å². The molecule has 0 unspecified atom stereocenters. The molecular formula is C13H23BrN2O. The summed E-state index contributed by atoms with van der Waals surface area (Å²) < 4.78 is 3.65. The van der Waals surface area contributed by atoms with E-state index in [9.17, 15) is 4.79 Å². The van der Waals surface area contributed by atoms with Crippen molar-refractivity contribution in [2.45, 2.75) is 53.1 Å². The van der Waals surface area contributed by atoms with Gasteiger partial charge in [-0.3, -0.25) is 9.13 Å². The van der Waals surface area contributed by atoms with Crippen LogP contribution >= 0.6 is 15.9 Å². The fraction of sp³-hybridized carbons (Fsp3) is 0.769. The molecule has 0 spiro atoms. The number of halogens is 1. The molecule has 0 aliphatic rings. The molecule has 0 fully saturated rings. The summed E-state index contributed by atoms with van der Waals surface area (Å²) in [4.78, 5) is 12.1. The van der Waals surface area contributed by atoms with Crippen LogP contribution in [0.1, 0.15) is 40.0 Å². The summed E-state index contributed by atoms with van der Waals surface area (Å²) in [5.74, 6) is 0. The lowest BCUT2D eigenvalue weighted by Gasteiger charge is -2.29.